The SMILES string of the molecule is CS(=O)(=O)N1CCC(C(=O)Nc2ccc3ocnc3c2)CC1. The van der Waals surface area contributed by atoms with Crippen LogP contribution in [0, 0.1) is 5.92 Å². The van der Waals surface area contributed by atoms with Crippen LogP contribution in [0.5, 0.6) is 0 Å². The molecule has 22 heavy (non-hydrogen) atoms. The Morgan fingerprint density at radius 3 is 2.77 bits per heavy atom. The van der Waals surface area contributed by atoms with E-state index in [4.69, 9.17) is 4.42 Å². The number of benzene rings is 1. The van der Waals surface area contributed by atoms with Gasteiger partial charge in [-0.25, -0.2) is 17.7 Å². The Morgan fingerprint density at radius 1 is 1.36 bits per heavy atom. The van der Waals surface area contributed by atoms with Crippen LogP contribution in [0.4, 0.5) is 5.69 Å². The van der Waals surface area contributed by atoms with E-state index in [1.54, 1.807) is 18.2 Å². The third-order valence-corrected chi connectivity index (χ3v) is 5.19. The van der Waals surface area contributed by atoms with Crippen molar-refractivity contribution < 1.29 is 17.6 Å². The smallest absolute Gasteiger partial charge is 0.227 e. The molecule has 118 valence electrons. The van der Waals surface area contributed by atoms with Crippen molar-refractivity contribution in [2.45, 2.75) is 12.8 Å². The lowest BCUT2D eigenvalue weighted by Gasteiger charge is -2.29. The number of amides is 1. The van der Waals surface area contributed by atoms with Gasteiger partial charge < -0.3 is 9.73 Å². The van der Waals surface area contributed by atoms with Crippen molar-refractivity contribution in [3.8, 4) is 0 Å². The zero-order valence-corrected chi connectivity index (χ0v) is 13.0. The van der Waals surface area contributed by atoms with Crippen LogP contribution in [0.2, 0.25) is 0 Å². The molecular formula is C14H17N3O4S. The Morgan fingerprint density at radius 2 is 2.09 bits per heavy atom. The molecule has 0 atom stereocenters. The third kappa shape index (κ3) is 3.12. The molecule has 0 saturated carbocycles. The van der Waals surface area contributed by atoms with Crippen LogP contribution in [-0.2, 0) is 14.8 Å². The van der Waals surface area contributed by atoms with Crippen molar-refractivity contribution in [2.75, 3.05) is 24.7 Å². The number of fused-ring (bicyclic) bond motifs is 1. The summed E-state index contributed by atoms with van der Waals surface area (Å²) in [5.41, 5.74) is 2.01. The second kappa shape index (κ2) is 5.69. The number of hydrogen-bond donors (Lipinski definition) is 1. The maximum Gasteiger partial charge on any atom is 0.227 e. The first-order valence-corrected chi connectivity index (χ1v) is 8.87. The predicted octanol–water partition coefficient (Wildman–Crippen LogP) is 1.44. The molecule has 8 heteroatoms. The van der Waals surface area contributed by atoms with Crippen molar-refractivity contribution in [3.05, 3.63) is 24.6 Å². The average Bonchev–Trinajstić information content (AvgIpc) is 2.94. The Kier molecular flexibility index (Phi) is 3.88. The Labute approximate surface area is 128 Å². The summed E-state index contributed by atoms with van der Waals surface area (Å²) >= 11 is 0. The van der Waals surface area contributed by atoms with Gasteiger partial charge in [-0.15, -0.1) is 0 Å². The third-order valence-electron chi connectivity index (χ3n) is 3.89. The Hall–Kier alpha value is -1.93. The fraction of sp³-hybridized carbons (Fsp3) is 0.429. The van der Waals surface area contributed by atoms with Crippen LogP contribution in [0.3, 0.4) is 0 Å². The Balaban J connectivity index is 1.63. The summed E-state index contributed by atoms with van der Waals surface area (Å²) in [7, 11) is -3.17. The number of carbonyl (C=O) groups is 1. The number of oxazole rings is 1. The van der Waals surface area contributed by atoms with Crippen molar-refractivity contribution in [3.63, 3.8) is 0 Å². The normalized spacial score (nSPS) is 17.7. The zero-order valence-electron chi connectivity index (χ0n) is 12.2. The van der Waals surface area contributed by atoms with Gasteiger partial charge in [0.2, 0.25) is 15.9 Å². The average molecular weight is 323 g/mol. The van der Waals surface area contributed by atoms with Gasteiger partial charge in [-0.1, -0.05) is 0 Å². The summed E-state index contributed by atoms with van der Waals surface area (Å²) < 4.78 is 29.5. The fourth-order valence-electron chi connectivity index (χ4n) is 2.63. The first-order chi connectivity index (χ1) is 10.4. The van der Waals surface area contributed by atoms with E-state index in [0.717, 1.165) is 0 Å². The number of sulfonamides is 1. The molecule has 2 heterocycles. The van der Waals surface area contributed by atoms with Crippen molar-refractivity contribution in [2.24, 2.45) is 5.92 Å². The molecule has 1 aromatic carbocycles. The molecule has 1 aromatic heterocycles. The van der Waals surface area contributed by atoms with Gasteiger partial charge in [0.05, 0.1) is 6.26 Å². The first kappa shape index (κ1) is 15.0. The second-order valence-electron chi connectivity index (χ2n) is 5.46. The van der Waals surface area contributed by atoms with Crippen LogP contribution in [0.25, 0.3) is 11.1 Å². The van der Waals surface area contributed by atoms with Gasteiger partial charge in [0, 0.05) is 24.7 Å². The maximum absolute atomic E-state index is 12.3. The predicted molar refractivity (Wildman–Crippen MR) is 81.8 cm³/mol. The van der Waals surface area contributed by atoms with E-state index >= 15 is 0 Å². The van der Waals surface area contributed by atoms with E-state index in [0.29, 0.717) is 42.7 Å². The molecule has 0 bridgehead atoms. The number of nitrogens with one attached hydrogen (secondary N) is 1. The topological polar surface area (TPSA) is 92.5 Å². The lowest BCUT2D eigenvalue weighted by atomic mass is 9.97. The maximum atomic E-state index is 12.3. The van der Waals surface area contributed by atoms with Crippen molar-refractivity contribution in [1.29, 1.82) is 0 Å². The molecule has 0 radical (unpaired) electrons. The molecule has 1 aliphatic rings. The van der Waals surface area contributed by atoms with E-state index in [1.807, 2.05) is 0 Å². The monoisotopic (exact) mass is 323 g/mol. The molecule has 0 aliphatic carbocycles. The summed E-state index contributed by atoms with van der Waals surface area (Å²) in [4.78, 5) is 16.3. The minimum absolute atomic E-state index is 0.0870. The van der Waals surface area contributed by atoms with Crippen LogP contribution in [0.15, 0.2) is 29.0 Å². The lowest BCUT2D eigenvalue weighted by molar-refractivity contribution is -0.120. The second-order valence-corrected chi connectivity index (χ2v) is 7.44. The number of hydrogen-bond acceptors (Lipinski definition) is 5. The summed E-state index contributed by atoms with van der Waals surface area (Å²) in [6.07, 6.45) is 3.62. The van der Waals surface area contributed by atoms with E-state index in [2.05, 4.69) is 10.3 Å². The quantitative estimate of drug-likeness (QED) is 0.922. The molecule has 7 nitrogen and oxygen atoms in total. The molecule has 2 aromatic rings. The zero-order chi connectivity index (χ0) is 15.7. The van der Waals surface area contributed by atoms with Crippen LogP contribution < -0.4 is 5.32 Å². The van der Waals surface area contributed by atoms with Crippen LogP contribution in [0.1, 0.15) is 12.8 Å². The van der Waals surface area contributed by atoms with Crippen LogP contribution >= 0.6 is 0 Å². The van der Waals surface area contributed by atoms with Gasteiger partial charge in [0.25, 0.3) is 0 Å². The molecular weight excluding hydrogens is 306 g/mol. The lowest BCUT2D eigenvalue weighted by Crippen LogP contribution is -2.40. The van der Waals surface area contributed by atoms with Gasteiger partial charge in [-0.05, 0) is 31.0 Å². The number of nitrogens with zero attached hydrogens (tertiary/aromatic N) is 2. The van der Waals surface area contributed by atoms with Crippen molar-refractivity contribution in [1.82, 2.24) is 9.29 Å². The highest BCUT2D eigenvalue weighted by Crippen LogP contribution is 2.22. The highest BCUT2D eigenvalue weighted by Gasteiger charge is 2.28. The first-order valence-electron chi connectivity index (χ1n) is 7.03. The Bertz CT molecular complexity index is 791. The van der Waals surface area contributed by atoms with Gasteiger partial charge in [0.15, 0.2) is 12.0 Å². The van der Waals surface area contributed by atoms with E-state index < -0.39 is 10.0 Å². The molecule has 0 unspecified atom stereocenters. The molecule has 1 aliphatic heterocycles. The number of aromatic nitrogens is 1. The summed E-state index contributed by atoms with van der Waals surface area (Å²) in [5, 5.41) is 2.86. The summed E-state index contributed by atoms with van der Waals surface area (Å²) in [5.74, 6) is -0.262. The highest BCUT2D eigenvalue weighted by molar-refractivity contribution is 7.88. The number of carbonyl (C=O) groups excluding carboxylic acids is 1. The number of anilines is 1. The highest BCUT2D eigenvalue weighted by atomic mass is 32.2. The number of rotatable bonds is 3. The van der Waals surface area contributed by atoms with Crippen LogP contribution in [-0.4, -0.2) is 43.0 Å². The standard InChI is InChI=1S/C14H17N3O4S/c1-22(19,20)17-6-4-10(5-7-17)14(18)16-11-2-3-13-12(8-11)15-9-21-13/h2-3,8-10H,4-7H2,1H3,(H,16,18). The molecule has 1 saturated heterocycles. The minimum Gasteiger partial charge on any atom is -0.443 e. The van der Waals surface area contributed by atoms with E-state index in [9.17, 15) is 13.2 Å². The molecule has 0 spiro atoms. The minimum atomic E-state index is -3.17. The van der Waals surface area contributed by atoms with Gasteiger partial charge in [-0.2, -0.15) is 0 Å². The number of piperidine rings is 1. The van der Waals surface area contributed by atoms with Gasteiger partial charge in [0.1, 0.15) is 5.52 Å². The molecule has 1 N–H and O–H groups in total. The molecule has 1 amide bonds. The van der Waals surface area contributed by atoms with Gasteiger partial charge in [-0.3, -0.25) is 4.79 Å². The summed E-state index contributed by atoms with van der Waals surface area (Å²) in [6, 6.07) is 5.27. The van der Waals surface area contributed by atoms with E-state index in [-0.39, 0.29) is 11.8 Å². The van der Waals surface area contributed by atoms with E-state index in [1.165, 1.54) is 17.0 Å². The van der Waals surface area contributed by atoms with Crippen molar-refractivity contribution >= 4 is 32.7 Å². The van der Waals surface area contributed by atoms with Gasteiger partial charge >= 0.3 is 0 Å². The summed E-state index contributed by atoms with van der Waals surface area (Å²) in [6.45, 7) is 0.776. The largest absolute Gasteiger partial charge is 0.443 e. The fourth-order valence-corrected chi connectivity index (χ4v) is 3.50. The molecule has 3 rings (SSSR count). The molecule has 1 fully saturated rings.